The van der Waals surface area contributed by atoms with Crippen LogP contribution in [0.2, 0.25) is 0 Å². The Kier molecular flexibility index (Phi) is 11.9. The first kappa shape index (κ1) is 30.7. The van der Waals surface area contributed by atoms with Gasteiger partial charge >= 0.3 is 0 Å². The van der Waals surface area contributed by atoms with Crippen molar-refractivity contribution >= 4 is 0 Å². The van der Waals surface area contributed by atoms with Gasteiger partial charge in [0, 0.05) is 0 Å². The van der Waals surface area contributed by atoms with Crippen molar-refractivity contribution in [2.75, 3.05) is 13.2 Å². The zero-order chi connectivity index (χ0) is 29.5. The second-order valence-corrected chi connectivity index (χ2v) is 10.3. The Balaban J connectivity index is 1.44. The van der Waals surface area contributed by atoms with Gasteiger partial charge in [0.1, 0.15) is 31.0 Å². The summed E-state index contributed by atoms with van der Waals surface area (Å²) in [5, 5.41) is 0. The van der Waals surface area contributed by atoms with E-state index in [0.717, 1.165) is 22.3 Å². The molecule has 43 heavy (non-hydrogen) atoms. The molecule has 0 saturated carbocycles. The summed E-state index contributed by atoms with van der Waals surface area (Å²) in [6.45, 7) is 1.80. The molecular weight excluding hydrogens is 540 g/mol. The molecule has 6 heteroatoms. The van der Waals surface area contributed by atoms with Crippen LogP contribution >= 0.6 is 0 Å². The number of hydrogen-bond acceptors (Lipinski definition) is 6. The smallest absolute Gasteiger partial charge is 0.187 e. The lowest BCUT2D eigenvalue weighted by atomic mass is 9.97. The fourth-order valence-corrected chi connectivity index (χ4v) is 5.00. The SMILES string of the molecule is C#CCOCC1O[C@@H](OCc2ccccc2)[C@H](OCc2ccccc2)[C@@H](OCc2ccccc2)[C@@H]1OCc1ccccc1. The highest BCUT2D eigenvalue weighted by molar-refractivity contribution is 5.16. The molecule has 1 aliphatic rings. The van der Waals surface area contributed by atoms with E-state index in [0.29, 0.717) is 26.4 Å². The van der Waals surface area contributed by atoms with Crippen LogP contribution in [0.3, 0.4) is 0 Å². The average molecular weight is 579 g/mol. The average Bonchev–Trinajstić information content (AvgIpc) is 3.07. The first-order chi connectivity index (χ1) is 21.3. The molecule has 5 atom stereocenters. The van der Waals surface area contributed by atoms with E-state index in [2.05, 4.69) is 5.92 Å². The summed E-state index contributed by atoms with van der Waals surface area (Å²) in [5.41, 5.74) is 4.14. The molecule has 0 N–H and O–H groups in total. The Morgan fingerprint density at radius 2 is 0.907 bits per heavy atom. The van der Waals surface area contributed by atoms with Crippen LogP contribution in [0.25, 0.3) is 0 Å². The van der Waals surface area contributed by atoms with Gasteiger partial charge in [0.15, 0.2) is 6.29 Å². The van der Waals surface area contributed by atoms with Crippen LogP contribution < -0.4 is 0 Å². The van der Waals surface area contributed by atoms with Gasteiger partial charge in [-0.1, -0.05) is 127 Å². The Morgan fingerprint density at radius 3 is 1.35 bits per heavy atom. The topological polar surface area (TPSA) is 55.4 Å². The van der Waals surface area contributed by atoms with Gasteiger partial charge in [-0.25, -0.2) is 0 Å². The first-order valence-corrected chi connectivity index (χ1v) is 14.6. The molecule has 4 aromatic rings. The molecule has 5 rings (SSSR count). The van der Waals surface area contributed by atoms with Gasteiger partial charge in [-0.2, -0.15) is 0 Å². The van der Waals surface area contributed by atoms with Crippen molar-refractivity contribution in [1.82, 2.24) is 0 Å². The monoisotopic (exact) mass is 578 g/mol. The lowest BCUT2D eigenvalue weighted by molar-refractivity contribution is -0.330. The van der Waals surface area contributed by atoms with Gasteiger partial charge in [-0.15, -0.1) is 6.42 Å². The van der Waals surface area contributed by atoms with E-state index < -0.39 is 30.7 Å². The van der Waals surface area contributed by atoms with Gasteiger partial charge in [0.05, 0.1) is 33.0 Å². The molecule has 222 valence electrons. The van der Waals surface area contributed by atoms with E-state index in [1.807, 2.05) is 121 Å². The summed E-state index contributed by atoms with van der Waals surface area (Å²) in [7, 11) is 0. The summed E-state index contributed by atoms with van der Waals surface area (Å²) < 4.78 is 38.7. The number of hydrogen-bond donors (Lipinski definition) is 0. The molecule has 1 heterocycles. The molecule has 1 saturated heterocycles. The molecule has 0 spiro atoms. The van der Waals surface area contributed by atoms with Gasteiger partial charge in [-0.05, 0) is 22.3 Å². The van der Waals surface area contributed by atoms with E-state index in [1.165, 1.54) is 0 Å². The predicted molar refractivity (Wildman–Crippen MR) is 165 cm³/mol. The third kappa shape index (κ3) is 9.34. The Labute approximate surface area is 254 Å². The van der Waals surface area contributed by atoms with E-state index in [9.17, 15) is 0 Å². The summed E-state index contributed by atoms with van der Waals surface area (Å²) in [6, 6.07) is 40.1. The first-order valence-electron chi connectivity index (χ1n) is 14.6. The third-order valence-corrected chi connectivity index (χ3v) is 7.17. The molecule has 0 aliphatic carbocycles. The van der Waals surface area contributed by atoms with Crippen molar-refractivity contribution in [2.45, 2.75) is 57.1 Å². The van der Waals surface area contributed by atoms with Crippen molar-refractivity contribution in [2.24, 2.45) is 0 Å². The van der Waals surface area contributed by atoms with Crippen molar-refractivity contribution in [3.8, 4) is 12.3 Å². The lowest BCUT2D eigenvalue weighted by Gasteiger charge is -2.45. The van der Waals surface area contributed by atoms with Gasteiger partial charge in [0.25, 0.3) is 0 Å². The minimum Gasteiger partial charge on any atom is -0.368 e. The molecule has 0 bridgehead atoms. The minimum absolute atomic E-state index is 0.157. The van der Waals surface area contributed by atoms with E-state index >= 15 is 0 Å². The highest BCUT2D eigenvalue weighted by Crippen LogP contribution is 2.32. The number of rotatable bonds is 15. The second-order valence-electron chi connectivity index (χ2n) is 10.3. The summed E-state index contributed by atoms with van der Waals surface area (Å²) >= 11 is 0. The molecule has 0 aromatic heterocycles. The van der Waals surface area contributed by atoms with Crippen molar-refractivity contribution in [3.63, 3.8) is 0 Å². The van der Waals surface area contributed by atoms with Crippen LogP contribution in [0, 0.1) is 12.3 Å². The summed E-state index contributed by atoms with van der Waals surface area (Å²) in [5.74, 6) is 2.54. The Bertz CT molecular complexity index is 1360. The van der Waals surface area contributed by atoms with Crippen molar-refractivity contribution < 1.29 is 28.4 Å². The van der Waals surface area contributed by atoms with Gasteiger partial charge in [-0.3, -0.25) is 0 Å². The van der Waals surface area contributed by atoms with Crippen LogP contribution in [0.1, 0.15) is 22.3 Å². The number of benzene rings is 4. The Hall–Kier alpha value is -3.80. The fraction of sp³-hybridized carbons (Fsp3) is 0.297. The maximum absolute atomic E-state index is 6.68. The van der Waals surface area contributed by atoms with Crippen LogP contribution in [0.15, 0.2) is 121 Å². The van der Waals surface area contributed by atoms with Crippen LogP contribution in [-0.4, -0.2) is 43.9 Å². The predicted octanol–water partition coefficient (Wildman–Crippen LogP) is 6.33. The number of terminal acetylenes is 1. The highest BCUT2D eigenvalue weighted by atomic mass is 16.7. The standard InChI is InChI=1S/C37H38O6/c1-2-23-38-28-33-34(39-24-29-15-7-3-8-16-29)35(40-25-30-17-9-4-10-18-30)36(41-26-31-19-11-5-12-20-31)37(43-33)42-27-32-21-13-6-14-22-32/h1,3-22,33-37H,23-28H2/t33?,34-,35+,36-,37-/m1/s1. The molecule has 0 amide bonds. The fourth-order valence-electron chi connectivity index (χ4n) is 5.00. The molecule has 1 fully saturated rings. The minimum atomic E-state index is -0.749. The van der Waals surface area contributed by atoms with Crippen molar-refractivity contribution in [3.05, 3.63) is 144 Å². The maximum atomic E-state index is 6.68. The molecule has 1 unspecified atom stereocenters. The zero-order valence-electron chi connectivity index (χ0n) is 24.2. The molecule has 1 aliphatic heterocycles. The van der Waals surface area contributed by atoms with Crippen molar-refractivity contribution in [1.29, 1.82) is 0 Å². The molecule has 6 nitrogen and oxygen atoms in total. The highest BCUT2D eigenvalue weighted by Gasteiger charge is 2.49. The van der Waals surface area contributed by atoms with Crippen LogP contribution in [-0.2, 0) is 54.8 Å². The zero-order valence-corrected chi connectivity index (χ0v) is 24.2. The second kappa shape index (κ2) is 16.7. The lowest BCUT2D eigenvalue weighted by Crippen LogP contribution is -2.61. The molecule has 4 aromatic carbocycles. The van der Waals surface area contributed by atoms with Crippen LogP contribution in [0.5, 0.6) is 0 Å². The molecular formula is C37H38O6. The van der Waals surface area contributed by atoms with E-state index in [4.69, 9.17) is 34.8 Å². The Morgan fingerprint density at radius 1 is 0.512 bits per heavy atom. The summed E-state index contributed by atoms with van der Waals surface area (Å²) in [6.07, 6.45) is 2.56. The quantitative estimate of drug-likeness (QED) is 0.121. The van der Waals surface area contributed by atoms with Gasteiger partial charge in [0.2, 0.25) is 0 Å². The molecule has 0 radical (unpaired) electrons. The maximum Gasteiger partial charge on any atom is 0.187 e. The normalized spacial score (nSPS) is 21.7. The third-order valence-electron chi connectivity index (χ3n) is 7.17. The number of ether oxygens (including phenoxy) is 6. The van der Waals surface area contributed by atoms with E-state index in [1.54, 1.807) is 0 Å². The largest absolute Gasteiger partial charge is 0.368 e. The summed E-state index contributed by atoms with van der Waals surface area (Å²) in [4.78, 5) is 0. The van der Waals surface area contributed by atoms with Crippen LogP contribution in [0.4, 0.5) is 0 Å². The van der Waals surface area contributed by atoms with E-state index in [-0.39, 0.29) is 13.2 Å². The van der Waals surface area contributed by atoms with Gasteiger partial charge < -0.3 is 28.4 Å².